The Labute approximate surface area is 122 Å². The van der Waals surface area contributed by atoms with Gasteiger partial charge in [0.1, 0.15) is 10.0 Å². The first-order valence-electron chi connectivity index (χ1n) is 5.29. The van der Waals surface area contributed by atoms with Crippen molar-refractivity contribution in [2.75, 3.05) is 0 Å². The van der Waals surface area contributed by atoms with Crippen molar-refractivity contribution in [2.45, 2.75) is 9.92 Å². The molecule has 0 atom stereocenters. The second kappa shape index (κ2) is 5.89. The van der Waals surface area contributed by atoms with Crippen molar-refractivity contribution >= 4 is 35.0 Å². The summed E-state index contributed by atoms with van der Waals surface area (Å²) in [6, 6.07) is 7.46. The lowest BCUT2D eigenvalue weighted by atomic mass is 10.3. The average molecular weight is 311 g/mol. The maximum absolute atomic E-state index is 11.0. The van der Waals surface area contributed by atoms with E-state index >= 15 is 0 Å². The van der Waals surface area contributed by atoms with E-state index in [9.17, 15) is 14.9 Å². The fourth-order valence-electron chi connectivity index (χ4n) is 1.43. The number of nitrogens with zero attached hydrogens (tertiary/aromatic N) is 2. The standard InChI is InChI=1S/C12H7ClN2O4S/c13-8-2-1-3-9(11(8)15(18)19)20-10-5-4-7(6-14-10)12(16)17/h1-6H,(H,16,17). The van der Waals surface area contributed by atoms with Gasteiger partial charge >= 0.3 is 11.7 Å². The molecule has 1 N–H and O–H groups in total. The number of hydrogen-bond donors (Lipinski definition) is 1. The number of aromatic carboxylic acids is 1. The maximum atomic E-state index is 11.0. The summed E-state index contributed by atoms with van der Waals surface area (Å²) in [6.07, 6.45) is 1.20. The highest BCUT2D eigenvalue weighted by molar-refractivity contribution is 7.99. The number of pyridine rings is 1. The van der Waals surface area contributed by atoms with Gasteiger partial charge in [-0.2, -0.15) is 0 Å². The number of para-hydroxylation sites is 1. The molecule has 0 radical (unpaired) electrons. The number of carboxylic acid groups (broad SMARTS) is 1. The molecule has 2 aromatic rings. The van der Waals surface area contributed by atoms with Gasteiger partial charge in [-0.25, -0.2) is 9.78 Å². The van der Waals surface area contributed by atoms with Gasteiger partial charge in [0, 0.05) is 6.20 Å². The summed E-state index contributed by atoms with van der Waals surface area (Å²) in [4.78, 5) is 25.4. The van der Waals surface area contributed by atoms with Crippen LogP contribution in [0.25, 0.3) is 0 Å². The van der Waals surface area contributed by atoms with Crippen LogP contribution in [-0.4, -0.2) is 21.0 Å². The third-order valence-corrected chi connectivity index (χ3v) is 3.64. The monoisotopic (exact) mass is 310 g/mol. The van der Waals surface area contributed by atoms with E-state index in [1.807, 2.05) is 0 Å². The second-order valence-corrected chi connectivity index (χ2v) is 5.11. The van der Waals surface area contributed by atoms with E-state index in [2.05, 4.69) is 4.98 Å². The Morgan fingerprint density at radius 1 is 1.35 bits per heavy atom. The van der Waals surface area contributed by atoms with Crippen molar-refractivity contribution in [3.63, 3.8) is 0 Å². The van der Waals surface area contributed by atoms with Crippen molar-refractivity contribution in [3.8, 4) is 0 Å². The number of rotatable bonds is 4. The lowest BCUT2D eigenvalue weighted by Gasteiger charge is -2.03. The van der Waals surface area contributed by atoms with Crippen LogP contribution in [0.5, 0.6) is 0 Å². The quantitative estimate of drug-likeness (QED) is 0.686. The molecular formula is C12H7ClN2O4S. The first-order chi connectivity index (χ1) is 9.49. The zero-order valence-electron chi connectivity index (χ0n) is 9.82. The Hall–Kier alpha value is -2.12. The first kappa shape index (κ1) is 14.3. The van der Waals surface area contributed by atoms with Crippen LogP contribution in [0.15, 0.2) is 46.5 Å². The van der Waals surface area contributed by atoms with E-state index < -0.39 is 10.9 Å². The minimum absolute atomic E-state index is 0.0437. The van der Waals surface area contributed by atoms with Gasteiger partial charge in [-0.3, -0.25) is 10.1 Å². The van der Waals surface area contributed by atoms with Crippen LogP contribution < -0.4 is 0 Å². The molecule has 0 aliphatic rings. The van der Waals surface area contributed by atoms with Crippen LogP contribution in [-0.2, 0) is 0 Å². The Balaban J connectivity index is 2.33. The fraction of sp³-hybridized carbons (Fsp3) is 0. The van der Waals surface area contributed by atoms with Gasteiger partial charge in [0.05, 0.1) is 15.4 Å². The van der Waals surface area contributed by atoms with E-state index in [1.54, 1.807) is 12.1 Å². The van der Waals surface area contributed by atoms with Gasteiger partial charge in [0.15, 0.2) is 0 Å². The lowest BCUT2D eigenvalue weighted by Crippen LogP contribution is -1.97. The van der Waals surface area contributed by atoms with Crippen LogP contribution in [0.3, 0.4) is 0 Å². The molecule has 0 bridgehead atoms. The Bertz CT molecular complexity index is 676. The molecule has 0 aliphatic carbocycles. The van der Waals surface area contributed by atoms with Crippen molar-refractivity contribution in [3.05, 3.63) is 57.2 Å². The van der Waals surface area contributed by atoms with Crippen molar-refractivity contribution < 1.29 is 14.8 Å². The summed E-state index contributed by atoms with van der Waals surface area (Å²) >= 11 is 6.85. The summed E-state index contributed by atoms with van der Waals surface area (Å²) in [6.45, 7) is 0. The molecule has 1 heterocycles. The number of nitro groups is 1. The lowest BCUT2D eigenvalue weighted by molar-refractivity contribution is -0.387. The fourth-order valence-corrected chi connectivity index (χ4v) is 2.63. The van der Waals surface area contributed by atoms with Crippen LogP contribution in [0, 0.1) is 10.1 Å². The maximum Gasteiger partial charge on any atom is 0.337 e. The molecule has 102 valence electrons. The molecule has 0 unspecified atom stereocenters. The molecule has 6 nitrogen and oxygen atoms in total. The molecule has 0 saturated heterocycles. The van der Waals surface area contributed by atoms with Crippen molar-refractivity contribution in [1.29, 1.82) is 0 Å². The zero-order valence-corrected chi connectivity index (χ0v) is 11.4. The minimum Gasteiger partial charge on any atom is -0.478 e. The summed E-state index contributed by atoms with van der Waals surface area (Å²) in [7, 11) is 0. The van der Waals surface area contributed by atoms with Gasteiger partial charge in [-0.05, 0) is 24.3 Å². The number of benzene rings is 1. The van der Waals surface area contributed by atoms with Gasteiger partial charge in [0.25, 0.3) is 0 Å². The number of aromatic nitrogens is 1. The van der Waals surface area contributed by atoms with Crippen LogP contribution in [0.4, 0.5) is 5.69 Å². The van der Waals surface area contributed by atoms with Crippen molar-refractivity contribution in [1.82, 2.24) is 4.98 Å². The van der Waals surface area contributed by atoms with Crippen LogP contribution in [0.1, 0.15) is 10.4 Å². The summed E-state index contributed by atoms with van der Waals surface area (Å²) in [5.74, 6) is -1.08. The van der Waals surface area contributed by atoms with Gasteiger partial charge in [-0.1, -0.05) is 29.4 Å². The summed E-state index contributed by atoms with van der Waals surface area (Å²) in [5, 5.41) is 20.2. The van der Waals surface area contributed by atoms with E-state index in [0.717, 1.165) is 11.8 Å². The third-order valence-electron chi connectivity index (χ3n) is 2.33. The summed E-state index contributed by atoms with van der Waals surface area (Å²) in [5.41, 5.74) is -0.141. The Morgan fingerprint density at radius 3 is 2.65 bits per heavy atom. The molecular weight excluding hydrogens is 304 g/mol. The predicted octanol–water partition coefficient (Wildman–Crippen LogP) is 3.49. The predicted molar refractivity (Wildman–Crippen MR) is 73.4 cm³/mol. The topological polar surface area (TPSA) is 93.3 Å². The number of nitro benzene ring substituents is 1. The second-order valence-electron chi connectivity index (χ2n) is 3.64. The highest BCUT2D eigenvalue weighted by Crippen LogP contribution is 2.38. The molecule has 1 aromatic carbocycles. The Kier molecular flexibility index (Phi) is 4.21. The largest absolute Gasteiger partial charge is 0.478 e. The van der Waals surface area contributed by atoms with Gasteiger partial charge in [0.2, 0.25) is 0 Å². The van der Waals surface area contributed by atoms with E-state index in [1.165, 1.54) is 24.4 Å². The number of carboxylic acids is 1. The molecule has 8 heteroatoms. The minimum atomic E-state index is -1.08. The smallest absolute Gasteiger partial charge is 0.337 e. The Morgan fingerprint density at radius 2 is 2.10 bits per heavy atom. The molecule has 1 aromatic heterocycles. The van der Waals surface area contributed by atoms with Gasteiger partial charge < -0.3 is 5.11 Å². The zero-order chi connectivity index (χ0) is 14.7. The molecule has 0 spiro atoms. The average Bonchev–Trinajstić information content (AvgIpc) is 2.39. The molecule has 20 heavy (non-hydrogen) atoms. The highest BCUT2D eigenvalue weighted by Gasteiger charge is 2.19. The summed E-state index contributed by atoms with van der Waals surface area (Å²) < 4.78 is 0. The number of carbonyl (C=O) groups is 1. The first-order valence-corrected chi connectivity index (χ1v) is 6.48. The molecule has 0 saturated carbocycles. The van der Waals surface area contributed by atoms with Gasteiger partial charge in [-0.15, -0.1) is 0 Å². The molecule has 0 aliphatic heterocycles. The molecule has 2 rings (SSSR count). The third kappa shape index (κ3) is 3.06. The highest BCUT2D eigenvalue weighted by atomic mass is 35.5. The van der Waals surface area contributed by atoms with Crippen molar-refractivity contribution in [2.24, 2.45) is 0 Å². The van der Waals surface area contributed by atoms with E-state index in [4.69, 9.17) is 16.7 Å². The SMILES string of the molecule is O=C(O)c1ccc(Sc2cccc(Cl)c2[N+](=O)[O-])nc1. The van der Waals surface area contributed by atoms with E-state index in [-0.39, 0.29) is 16.3 Å². The molecule has 0 fully saturated rings. The van der Waals surface area contributed by atoms with Crippen LogP contribution in [0.2, 0.25) is 5.02 Å². The van der Waals surface area contributed by atoms with E-state index in [0.29, 0.717) is 9.92 Å². The molecule has 0 amide bonds. The number of halogens is 1. The van der Waals surface area contributed by atoms with Crippen LogP contribution >= 0.6 is 23.4 Å². The normalized spacial score (nSPS) is 10.2. The number of hydrogen-bond acceptors (Lipinski definition) is 5.